The molecule has 0 bridgehead atoms. The van der Waals surface area contributed by atoms with Crippen LogP contribution in [-0.4, -0.2) is 0 Å². The van der Waals surface area contributed by atoms with Crippen LogP contribution in [0.2, 0.25) is 0 Å². The molecular formula is C12H18. The summed E-state index contributed by atoms with van der Waals surface area (Å²) in [5.41, 5.74) is 0. The Morgan fingerprint density at radius 1 is 0.500 bits per heavy atom. The monoisotopic (exact) mass is 162 g/mol. The van der Waals surface area contributed by atoms with E-state index >= 15 is 0 Å². The topological polar surface area (TPSA) is 0 Å². The van der Waals surface area contributed by atoms with E-state index in [1.807, 2.05) is 0 Å². The van der Waals surface area contributed by atoms with Crippen molar-refractivity contribution in [2.75, 3.05) is 0 Å². The Balaban J connectivity index is 2.31. The van der Waals surface area contributed by atoms with Gasteiger partial charge in [-0.25, -0.2) is 0 Å². The third-order valence-electron chi connectivity index (χ3n) is 2.04. The van der Waals surface area contributed by atoms with Crippen LogP contribution in [0.5, 0.6) is 0 Å². The highest BCUT2D eigenvalue weighted by atomic mass is 13.9. The van der Waals surface area contributed by atoms with Crippen LogP contribution < -0.4 is 0 Å². The first-order valence-electron chi connectivity index (χ1n) is 4.95. The molecule has 0 fully saturated rings. The molecule has 0 atom stereocenters. The smallest absolute Gasteiger partial charge is 0.0169 e. The molecule has 0 aliphatic heterocycles. The van der Waals surface area contributed by atoms with Crippen LogP contribution in [0, 0.1) is 0 Å². The first-order chi connectivity index (χ1) is 6.00. The van der Waals surface area contributed by atoms with Gasteiger partial charge in [-0.3, -0.25) is 0 Å². The fraction of sp³-hybridized carbons (Fsp3) is 0.500. The predicted octanol–water partition coefficient (Wildman–Crippen LogP) is 4.01. The van der Waals surface area contributed by atoms with E-state index in [-0.39, 0.29) is 0 Å². The minimum Gasteiger partial charge on any atom is -0.0882 e. The van der Waals surface area contributed by atoms with E-state index in [1.165, 1.54) is 25.7 Å². The van der Waals surface area contributed by atoms with E-state index in [0.717, 1.165) is 12.8 Å². The van der Waals surface area contributed by atoms with Crippen LogP contribution >= 0.6 is 0 Å². The van der Waals surface area contributed by atoms with Crippen LogP contribution in [-0.2, 0) is 0 Å². The standard InChI is InChI=1S/C12H18/c1-2-4-6-8-10-12-11-9-7-5-3-1/h1-2,5-8H,3-4,9-12H2/b2-1?,7-5+,8-6+. The van der Waals surface area contributed by atoms with Gasteiger partial charge in [-0.15, -0.1) is 0 Å². The summed E-state index contributed by atoms with van der Waals surface area (Å²) >= 11 is 0. The Labute approximate surface area is 75.7 Å². The van der Waals surface area contributed by atoms with E-state index < -0.39 is 0 Å². The molecule has 0 saturated heterocycles. The minimum absolute atomic E-state index is 1.10. The van der Waals surface area contributed by atoms with Gasteiger partial charge in [0.25, 0.3) is 0 Å². The molecule has 0 heteroatoms. The molecule has 66 valence electrons. The van der Waals surface area contributed by atoms with Crippen LogP contribution in [0.1, 0.15) is 38.5 Å². The van der Waals surface area contributed by atoms with Gasteiger partial charge in [0.05, 0.1) is 0 Å². The molecule has 1 rings (SSSR count). The Morgan fingerprint density at radius 2 is 0.917 bits per heavy atom. The fourth-order valence-corrected chi connectivity index (χ4v) is 1.30. The zero-order chi connectivity index (χ0) is 8.49. The van der Waals surface area contributed by atoms with Crippen molar-refractivity contribution < 1.29 is 0 Å². The zero-order valence-electron chi connectivity index (χ0n) is 7.71. The van der Waals surface area contributed by atoms with Crippen LogP contribution in [0.15, 0.2) is 36.5 Å². The summed E-state index contributed by atoms with van der Waals surface area (Å²) in [6.45, 7) is 0. The minimum atomic E-state index is 1.10. The molecule has 0 aromatic heterocycles. The zero-order valence-corrected chi connectivity index (χ0v) is 7.71. The predicted molar refractivity (Wildman–Crippen MR) is 55.1 cm³/mol. The number of hydrogen-bond donors (Lipinski definition) is 0. The Kier molecular flexibility index (Phi) is 5.35. The van der Waals surface area contributed by atoms with E-state index in [4.69, 9.17) is 0 Å². The first kappa shape index (κ1) is 9.31. The van der Waals surface area contributed by atoms with Gasteiger partial charge in [0, 0.05) is 0 Å². The quantitative estimate of drug-likeness (QED) is 0.472. The van der Waals surface area contributed by atoms with Gasteiger partial charge in [0.1, 0.15) is 0 Å². The van der Waals surface area contributed by atoms with Gasteiger partial charge in [-0.05, 0) is 38.5 Å². The average Bonchev–Trinajstić information content (AvgIpc) is 2.05. The van der Waals surface area contributed by atoms with Crippen molar-refractivity contribution in [2.24, 2.45) is 0 Å². The average molecular weight is 162 g/mol. The second-order valence-corrected chi connectivity index (χ2v) is 3.17. The molecule has 0 heterocycles. The summed E-state index contributed by atoms with van der Waals surface area (Å²) in [5.74, 6) is 0. The second kappa shape index (κ2) is 6.90. The molecule has 0 radical (unpaired) electrons. The third-order valence-corrected chi connectivity index (χ3v) is 2.04. The highest BCUT2D eigenvalue weighted by Crippen LogP contribution is 2.04. The summed E-state index contributed by atoms with van der Waals surface area (Å²) in [6.07, 6.45) is 21.0. The molecule has 0 spiro atoms. The lowest BCUT2D eigenvalue weighted by Crippen LogP contribution is -1.73. The van der Waals surface area contributed by atoms with Gasteiger partial charge in [0.15, 0.2) is 0 Å². The summed E-state index contributed by atoms with van der Waals surface area (Å²) in [4.78, 5) is 0. The molecule has 0 nitrogen and oxygen atoms in total. The third kappa shape index (κ3) is 4.95. The van der Waals surface area contributed by atoms with Crippen molar-refractivity contribution in [1.82, 2.24) is 0 Å². The number of rotatable bonds is 0. The van der Waals surface area contributed by atoms with Crippen molar-refractivity contribution in [2.45, 2.75) is 38.5 Å². The molecule has 0 saturated carbocycles. The normalized spacial score (nSPS) is 25.3. The van der Waals surface area contributed by atoms with E-state index in [1.54, 1.807) is 0 Å². The van der Waals surface area contributed by atoms with Crippen molar-refractivity contribution >= 4 is 0 Å². The Bertz CT molecular complexity index is 152. The molecule has 0 unspecified atom stereocenters. The molecule has 0 aromatic carbocycles. The fourth-order valence-electron chi connectivity index (χ4n) is 1.30. The molecule has 1 aliphatic rings. The van der Waals surface area contributed by atoms with Crippen LogP contribution in [0.3, 0.4) is 0 Å². The lowest BCUT2D eigenvalue weighted by atomic mass is 10.1. The maximum Gasteiger partial charge on any atom is -0.0169 e. The van der Waals surface area contributed by atoms with Gasteiger partial charge >= 0.3 is 0 Å². The summed E-state index contributed by atoms with van der Waals surface area (Å²) in [6, 6.07) is 0. The largest absolute Gasteiger partial charge is 0.0882 e. The van der Waals surface area contributed by atoms with Crippen molar-refractivity contribution in [1.29, 1.82) is 0 Å². The van der Waals surface area contributed by atoms with Crippen molar-refractivity contribution in [3.8, 4) is 0 Å². The van der Waals surface area contributed by atoms with E-state index in [0.29, 0.717) is 0 Å². The van der Waals surface area contributed by atoms with Crippen LogP contribution in [0.25, 0.3) is 0 Å². The number of hydrogen-bond acceptors (Lipinski definition) is 0. The van der Waals surface area contributed by atoms with Crippen molar-refractivity contribution in [3.05, 3.63) is 36.5 Å². The lowest BCUT2D eigenvalue weighted by molar-refractivity contribution is 0.760. The van der Waals surface area contributed by atoms with Crippen molar-refractivity contribution in [3.63, 3.8) is 0 Å². The first-order valence-corrected chi connectivity index (χ1v) is 4.95. The maximum absolute atomic E-state index is 2.30. The van der Waals surface area contributed by atoms with E-state index in [9.17, 15) is 0 Å². The number of allylic oxidation sites excluding steroid dienone is 6. The molecular weight excluding hydrogens is 144 g/mol. The SMILES string of the molecule is C1=CC/C=C/CCCC/C=C/C1. The lowest BCUT2D eigenvalue weighted by Gasteiger charge is -1.94. The van der Waals surface area contributed by atoms with Gasteiger partial charge in [-0.2, -0.15) is 0 Å². The molecule has 12 heavy (non-hydrogen) atoms. The highest BCUT2D eigenvalue weighted by molar-refractivity contribution is 4.97. The molecule has 0 aromatic rings. The second-order valence-electron chi connectivity index (χ2n) is 3.17. The molecule has 1 aliphatic carbocycles. The Hall–Kier alpha value is -0.780. The summed E-state index contributed by atoms with van der Waals surface area (Å²) in [5, 5.41) is 0. The highest BCUT2D eigenvalue weighted by Gasteiger charge is 1.84. The molecule has 0 amide bonds. The van der Waals surface area contributed by atoms with Crippen LogP contribution in [0.4, 0.5) is 0 Å². The summed E-state index contributed by atoms with van der Waals surface area (Å²) < 4.78 is 0. The van der Waals surface area contributed by atoms with Gasteiger partial charge < -0.3 is 0 Å². The van der Waals surface area contributed by atoms with E-state index in [2.05, 4.69) is 36.5 Å². The maximum atomic E-state index is 2.30. The Morgan fingerprint density at radius 3 is 1.42 bits per heavy atom. The molecule has 0 N–H and O–H groups in total. The summed E-state index contributed by atoms with van der Waals surface area (Å²) in [7, 11) is 0. The van der Waals surface area contributed by atoms with Gasteiger partial charge in [0.2, 0.25) is 0 Å². The van der Waals surface area contributed by atoms with Gasteiger partial charge in [-0.1, -0.05) is 36.5 Å².